The lowest BCUT2D eigenvalue weighted by Gasteiger charge is -2.17. The van der Waals surface area contributed by atoms with Gasteiger partial charge in [-0.3, -0.25) is 0 Å². The molecule has 19 heavy (non-hydrogen) atoms. The minimum Gasteiger partial charge on any atom is -0.490 e. The summed E-state index contributed by atoms with van der Waals surface area (Å²) in [5.74, 6) is 1.76. The number of fused-ring (bicyclic) bond motifs is 1. The van der Waals surface area contributed by atoms with E-state index in [4.69, 9.17) is 9.47 Å². The molecule has 0 fully saturated rings. The first-order valence-corrected chi connectivity index (χ1v) is 7.07. The Kier molecular flexibility index (Phi) is 5.48. The molecular weight excluding hydrogens is 240 g/mol. The van der Waals surface area contributed by atoms with Crippen molar-refractivity contribution in [1.82, 2.24) is 10.2 Å². The van der Waals surface area contributed by atoms with Crippen LogP contribution in [-0.2, 0) is 6.54 Å². The summed E-state index contributed by atoms with van der Waals surface area (Å²) in [6, 6.07) is 6.25. The van der Waals surface area contributed by atoms with Crippen LogP contribution < -0.4 is 14.8 Å². The molecule has 0 saturated carbocycles. The Morgan fingerprint density at radius 3 is 2.79 bits per heavy atom. The first-order chi connectivity index (χ1) is 9.29. The molecule has 4 heteroatoms. The van der Waals surface area contributed by atoms with Crippen LogP contribution in [0.5, 0.6) is 11.5 Å². The molecule has 0 spiro atoms. The molecule has 1 aromatic carbocycles. The molecule has 0 aromatic heterocycles. The van der Waals surface area contributed by atoms with Crippen molar-refractivity contribution in [2.75, 3.05) is 39.9 Å². The fraction of sp³-hybridized carbons (Fsp3) is 0.600. The Hall–Kier alpha value is -1.26. The number of benzene rings is 1. The van der Waals surface area contributed by atoms with E-state index in [0.717, 1.165) is 57.3 Å². The van der Waals surface area contributed by atoms with Crippen LogP contribution >= 0.6 is 0 Å². The summed E-state index contributed by atoms with van der Waals surface area (Å²) in [6.45, 7) is 7.64. The van der Waals surface area contributed by atoms with Gasteiger partial charge >= 0.3 is 0 Å². The van der Waals surface area contributed by atoms with Gasteiger partial charge in [-0.15, -0.1) is 0 Å². The summed E-state index contributed by atoms with van der Waals surface area (Å²) in [6.07, 6.45) is 0.951. The molecule has 0 bridgehead atoms. The molecule has 0 saturated heterocycles. The summed E-state index contributed by atoms with van der Waals surface area (Å²) < 4.78 is 11.4. The number of likely N-dealkylation sites (N-methyl/N-ethyl adjacent to an activating group) is 2. The van der Waals surface area contributed by atoms with Crippen LogP contribution in [0.25, 0.3) is 0 Å². The van der Waals surface area contributed by atoms with Crippen LogP contribution in [0.2, 0.25) is 0 Å². The smallest absolute Gasteiger partial charge is 0.161 e. The highest BCUT2D eigenvalue weighted by atomic mass is 16.5. The standard InChI is InChI=1S/C15H24N2O2/c1-3-16-7-8-17(2)12-13-5-6-14-15(11-13)19-10-4-9-18-14/h5-6,11,16H,3-4,7-10,12H2,1-2H3. The molecule has 0 radical (unpaired) electrons. The van der Waals surface area contributed by atoms with E-state index in [-0.39, 0.29) is 0 Å². The van der Waals surface area contributed by atoms with E-state index in [1.54, 1.807) is 0 Å². The fourth-order valence-electron chi connectivity index (χ4n) is 2.14. The van der Waals surface area contributed by atoms with Gasteiger partial charge in [0, 0.05) is 26.1 Å². The Morgan fingerprint density at radius 2 is 2.00 bits per heavy atom. The number of rotatable bonds is 6. The second-order valence-electron chi connectivity index (χ2n) is 4.92. The highest BCUT2D eigenvalue weighted by Gasteiger charge is 2.11. The molecule has 1 heterocycles. The first kappa shape index (κ1) is 14.2. The third-order valence-electron chi connectivity index (χ3n) is 3.18. The van der Waals surface area contributed by atoms with Gasteiger partial charge in [0.15, 0.2) is 11.5 Å². The predicted molar refractivity (Wildman–Crippen MR) is 76.9 cm³/mol. The van der Waals surface area contributed by atoms with Crippen molar-refractivity contribution >= 4 is 0 Å². The van der Waals surface area contributed by atoms with Gasteiger partial charge in [0.25, 0.3) is 0 Å². The van der Waals surface area contributed by atoms with Crippen molar-refractivity contribution < 1.29 is 9.47 Å². The van der Waals surface area contributed by atoms with Crippen LogP contribution in [0.15, 0.2) is 18.2 Å². The average molecular weight is 264 g/mol. The SMILES string of the molecule is CCNCCN(C)Cc1ccc2c(c1)OCCCO2. The first-order valence-electron chi connectivity index (χ1n) is 7.07. The summed E-state index contributed by atoms with van der Waals surface area (Å²) in [4.78, 5) is 2.31. The maximum absolute atomic E-state index is 5.71. The van der Waals surface area contributed by atoms with E-state index >= 15 is 0 Å². The van der Waals surface area contributed by atoms with Crippen LogP contribution in [0.4, 0.5) is 0 Å². The monoisotopic (exact) mass is 264 g/mol. The van der Waals surface area contributed by atoms with Crippen molar-refractivity contribution in [1.29, 1.82) is 0 Å². The van der Waals surface area contributed by atoms with Gasteiger partial charge in [0.05, 0.1) is 13.2 Å². The van der Waals surface area contributed by atoms with E-state index in [9.17, 15) is 0 Å². The molecule has 1 aliphatic heterocycles. The van der Waals surface area contributed by atoms with Gasteiger partial charge in [0.1, 0.15) is 0 Å². The normalized spacial score (nSPS) is 14.5. The highest BCUT2D eigenvalue weighted by molar-refractivity contribution is 5.43. The van der Waals surface area contributed by atoms with Crippen LogP contribution in [-0.4, -0.2) is 44.8 Å². The summed E-state index contributed by atoms with van der Waals surface area (Å²) in [7, 11) is 2.14. The van der Waals surface area contributed by atoms with E-state index in [2.05, 4.69) is 36.3 Å². The zero-order chi connectivity index (χ0) is 13.5. The van der Waals surface area contributed by atoms with Gasteiger partial charge in [-0.05, 0) is 31.3 Å². The van der Waals surface area contributed by atoms with Crippen molar-refractivity contribution in [2.45, 2.75) is 19.9 Å². The fourth-order valence-corrected chi connectivity index (χ4v) is 2.14. The quantitative estimate of drug-likeness (QED) is 0.796. The van der Waals surface area contributed by atoms with E-state index in [1.165, 1.54) is 5.56 Å². The van der Waals surface area contributed by atoms with E-state index in [1.807, 2.05) is 6.07 Å². The van der Waals surface area contributed by atoms with Gasteiger partial charge in [-0.25, -0.2) is 0 Å². The van der Waals surface area contributed by atoms with Crippen LogP contribution in [0.3, 0.4) is 0 Å². The molecule has 1 aliphatic rings. The van der Waals surface area contributed by atoms with Gasteiger partial charge < -0.3 is 19.7 Å². The third kappa shape index (κ3) is 4.40. The van der Waals surface area contributed by atoms with Crippen molar-refractivity contribution in [3.8, 4) is 11.5 Å². The van der Waals surface area contributed by atoms with E-state index in [0.29, 0.717) is 0 Å². The average Bonchev–Trinajstić information content (AvgIpc) is 2.63. The lowest BCUT2D eigenvalue weighted by molar-refractivity contribution is 0.296. The zero-order valence-electron chi connectivity index (χ0n) is 11.9. The minimum absolute atomic E-state index is 0.743. The molecule has 0 aliphatic carbocycles. The molecule has 2 rings (SSSR count). The number of nitrogens with zero attached hydrogens (tertiary/aromatic N) is 1. The van der Waals surface area contributed by atoms with E-state index < -0.39 is 0 Å². The van der Waals surface area contributed by atoms with Gasteiger partial charge in [-0.2, -0.15) is 0 Å². The molecule has 0 unspecified atom stereocenters. The van der Waals surface area contributed by atoms with Crippen LogP contribution in [0, 0.1) is 0 Å². The van der Waals surface area contributed by atoms with Crippen molar-refractivity contribution in [2.24, 2.45) is 0 Å². The maximum atomic E-state index is 5.71. The topological polar surface area (TPSA) is 33.7 Å². The molecule has 0 atom stereocenters. The van der Waals surface area contributed by atoms with Gasteiger partial charge in [0.2, 0.25) is 0 Å². The molecular formula is C15H24N2O2. The number of hydrogen-bond acceptors (Lipinski definition) is 4. The van der Waals surface area contributed by atoms with Gasteiger partial charge in [-0.1, -0.05) is 13.0 Å². The summed E-state index contributed by atoms with van der Waals surface area (Å²) in [5.41, 5.74) is 1.27. The summed E-state index contributed by atoms with van der Waals surface area (Å²) in [5, 5.41) is 3.34. The summed E-state index contributed by atoms with van der Waals surface area (Å²) >= 11 is 0. The second-order valence-corrected chi connectivity index (χ2v) is 4.92. The third-order valence-corrected chi connectivity index (χ3v) is 3.18. The second kappa shape index (κ2) is 7.36. The lowest BCUT2D eigenvalue weighted by Crippen LogP contribution is -2.28. The number of ether oxygens (including phenoxy) is 2. The number of nitrogens with one attached hydrogen (secondary N) is 1. The Bertz CT molecular complexity index is 396. The molecule has 4 nitrogen and oxygen atoms in total. The zero-order valence-corrected chi connectivity index (χ0v) is 11.9. The molecule has 1 aromatic rings. The van der Waals surface area contributed by atoms with Crippen molar-refractivity contribution in [3.63, 3.8) is 0 Å². The van der Waals surface area contributed by atoms with Crippen molar-refractivity contribution in [3.05, 3.63) is 23.8 Å². The highest BCUT2D eigenvalue weighted by Crippen LogP contribution is 2.30. The largest absolute Gasteiger partial charge is 0.490 e. The molecule has 0 amide bonds. The Labute approximate surface area is 115 Å². The predicted octanol–water partition coefficient (Wildman–Crippen LogP) is 1.89. The number of hydrogen-bond donors (Lipinski definition) is 1. The van der Waals surface area contributed by atoms with Crippen LogP contribution in [0.1, 0.15) is 18.9 Å². The molecule has 1 N–H and O–H groups in total. The maximum Gasteiger partial charge on any atom is 0.161 e. The Morgan fingerprint density at radius 1 is 1.21 bits per heavy atom. The molecule has 106 valence electrons. The minimum atomic E-state index is 0.743. The Balaban J connectivity index is 1.92. The lowest BCUT2D eigenvalue weighted by atomic mass is 10.2.